The Kier molecular flexibility index (Phi) is 1.57. The Morgan fingerprint density at radius 1 is 1.36 bits per heavy atom. The Bertz CT molecular complexity index is 517. The van der Waals surface area contributed by atoms with Crippen LogP contribution >= 0.6 is 0 Å². The summed E-state index contributed by atoms with van der Waals surface area (Å²) in [7, 11) is 0. The van der Waals surface area contributed by atoms with Crippen LogP contribution in [0.1, 0.15) is 10.4 Å². The molecule has 0 unspecified atom stereocenters. The predicted molar refractivity (Wildman–Crippen MR) is 51.4 cm³/mol. The van der Waals surface area contributed by atoms with Crippen LogP contribution in [0.5, 0.6) is 0 Å². The smallest absolute Gasteiger partial charge is 0.254 e. The summed E-state index contributed by atoms with van der Waals surface area (Å²) < 4.78 is 4.87. The molecule has 0 radical (unpaired) electrons. The molecule has 0 aliphatic rings. The van der Waals surface area contributed by atoms with Gasteiger partial charge in [0.2, 0.25) is 0 Å². The van der Waals surface area contributed by atoms with E-state index in [1.54, 1.807) is 6.07 Å². The molecule has 72 valence electrons. The number of rotatable bonds is 1. The molecule has 2 rings (SSSR count). The van der Waals surface area contributed by atoms with Crippen molar-refractivity contribution in [1.82, 2.24) is 5.16 Å². The van der Waals surface area contributed by atoms with E-state index < -0.39 is 5.91 Å². The molecule has 0 aliphatic heterocycles. The first-order valence-corrected chi connectivity index (χ1v) is 3.84. The molecule has 0 saturated carbocycles. The molecule has 1 heterocycles. The molecule has 0 spiro atoms. The van der Waals surface area contributed by atoms with Gasteiger partial charge in [-0.15, -0.1) is 0 Å². The lowest BCUT2D eigenvalue weighted by molar-refractivity contribution is 0.100. The number of fused-ring (bicyclic) bond motifs is 1. The van der Waals surface area contributed by atoms with Gasteiger partial charge >= 0.3 is 0 Å². The van der Waals surface area contributed by atoms with Crippen LogP contribution in [0.25, 0.3) is 11.0 Å². The van der Waals surface area contributed by atoms with Crippen LogP contribution in [0.4, 0.5) is 11.5 Å². The van der Waals surface area contributed by atoms with Gasteiger partial charge in [-0.2, -0.15) is 0 Å². The molecule has 0 aliphatic carbocycles. The number of nitrogen functional groups attached to an aromatic ring is 2. The zero-order valence-corrected chi connectivity index (χ0v) is 7.15. The molecule has 2 aromatic rings. The van der Waals surface area contributed by atoms with Crippen molar-refractivity contribution in [1.29, 1.82) is 0 Å². The number of nitrogens with two attached hydrogens (primary N) is 3. The van der Waals surface area contributed by atoms with Crippen molar-refractivity contribution < 1.29 is 9.32 Å². The maximum atomic E-state index is 11.1. The topological polar surface area (TPSA) is 121 Å². The molecule has 1 aromatic carbocycles. The number of hydrogen-bond acceptors (Lipinski definition) is 5. The molecule has 14 heavy (non-hydrogen) atoms. The second-order valence-corrected chi connectivity index (χ2v) is 2.84. The third-order valence-corrected chi connectivity index (χ3v) is 1.95. The van der Waals surface area contributed by atoms with Crippen molar-refractivity contribution in [2.75, 3.05) is 11.5 Å². The van der Waals surface area contributed by atoms with E-state index in [0.29, 0.717) is 5.39 Å². The second-order valence-electron chi connectivity index (χ2n) is 2.84. The molecule has 0 fully saturated rings. The highest BCUT2D eigenvalue weighted by Gasteiger charge is 2.16. The Balaban J connectivity index is 2.90. The van der Waals surface area contributed by atoms with Crippen LogP contribution in [0, 0.1) is 0 Å². The van der Waals surface area contributed by atoms with E-state index in [-0.39, 0.29) is 22.7 Å². The van der Waals surface area contributed by atoms with E-state index in [9.17, 15) is 4.79 Å². The minimum atomic E-state index is -0.663. The largest absolute Gasteiger partial charge is 0.398 e. The quantitative estimate of drug-likeness (QED) is 0.553. The van der Waals surface area contributed by atoms with Gasteiger partial charge in [-0.05, 0) is 12.1 Å². The van der Waals surface area contributed by atoms with Crippen LogP contribution in [0.3, 0.4) is 0 Å². The van der Waals surface area contributed by atoms with Crippen molar-refractivity contribution in [3.63, 3.8) is 0 Å². The lowest BCUT2D eigenvalue weighted by Crippen LogP contribution is -2.13. The van der Waals surface area contributed by atoms with Crippen LogP contribution in [0.2, 0.25) is 0 Å². The number of aromatic nitrogens is 1. The summed E-state index contributed by atoms with van der Waals surface area (Å²) in [6, 6.07) is 3.17. The summed E-state index contributed by atoms with van der Waals surface area (Å²) in [4.78, 5) is 11.1. The molecule has 0 atom stereocenters. The van der Waals surface area contributed by atoms with Gasteiger partial charge in [0.1, 0.15) is 5.56 Å². The summed E-state index contributed by atoms with van der Waals surface area (Å²) in [6.07, 6.45) is 0. The predicted octanol–water partition coefficient (Wildman–Crippen LogP) is 0.0911. The van der Waals surface area contributed by atoms with Gasteiger partial charge < -0.3 is 21.7 Å². The molecule has 1 amide bonds. The highest BCUT2D eigenvalue weighted by atomic mass is 16.5. The SMILES string of the molecule is NC(=O)c1c(N)ccc2c(N)noc12. The average molecular weight is 192 g/mol. The monoisotopic (exact) mass is 192 g/mol. The van der Waals surface area contributed by atoms with E-state index in [1.165, 1.54) is 6.07 Å². The first-order chi connectivity index (χ1) is 6.61. The third kappa shape index (κ3) is 0.972. The molecule has 6 nitrogen and oxygen atoms in total. The van der Waals surface area contributed by atoms with Gasteiger partial charge in [0.05, 0.1) is 5.39 Å². The van der Waals surface area contributed by atoms with Crippen molar-refractivity contribution in [3.05, 3.63) is 17.7 Å². The normalized spacial score (nSPS) is 10.6. The number of amides is 1. The van der Waals surface area contributed by atoms with Crippen LogP contribution in [-0.4, -0.2) is 11.1 Å². The molecular formula is C8H8N4O2. The van der Waals surface area contributed by atoms with E-state index in [2.05, 4.69) is 5.16 Å². The summed E-state index contributed by atoms with van der Waals surface area (Å²) in [5.74, 6) is -0.452. The van der Waals surface area contributed by atoms with Crippen molar-refractivity contribution in [2.24, 2.45) is 5.73 Å². The van der Waals surface area contributed by atoms with E-state index in [1.807, 2.05) is 0 Å². The number of nitrogens with zero attached hydrogens (tertiary/aromatic N) is 1. The second kappa shape index (κ2) is 2.63. The van der Waals surface area contributed by atoms with Gasteiger partial charge in [0.25, 0.3) is 5.91 Å². The van der Waals surface area contributed by atoms with Crippen molar-refractivity contribution in [2.45, 2.75) is 0 Å². The molecule has 1 aromatic heterocycles. The Morgan fingerprint density at radius 3 is 2.71 bits per heavy atom. The Hall–Kier alpha value is -2.24. The van der Waals surface area contributed by atoms with Gasteiger partial charge in [-0.25, -0.2) is 0 Å². The number of primary amides is 1. The van der Waals surface area contributed by atoms with Crippen molar-refractivity contribution >= 4 is 28.4 Å². The van der Waals surface area contributed by atoms with E-state index >= 15 is 0 Å². The average Bonchev–Trinajstić information content (AvgIpc) is 2.47. The van der Waals surface area contributed by atoms with E-state index in [4.69, 9.17) is 21.7 Å². The van der Waals surface area contributed by atoms with E-state index in [0.717, 1.165) is 0 Å². The molecular weight excluding hydrogens is 184 g/mol. The number of carbonyl (C=O) groups excluding carboxylic acids is 1. The fraction of sp³-hybridized carbons (Fsp3) is 0. The summed E-state index contributed by atoms with van der Waals surface area (Å²) in [5.41, 5.74) is 16.8. The molecule has 0 saturated heterocycles. The van der Waals surface area contributed by atoms with Gasteiger partial charge in [-0.3, -0.25) is 4.79 Å². The van der Waals surface area contributed by atoms with Crippen LogP contribution < -0.4 is 17.2 Å². The van der Waals surface area contributed by atoms with Crippen LogP contribution in [0.15, 0.2) is 16.7 Å². The standard InChI is InChI=1S/C8H8N4O2/c9-4-2-1-3-6(5(4)8(11)13)14-12-7(3)10/h1-2H,9H2,(H2,10,12)(H2,11,13). The first kappa shape index (κ1) is 8.36. The fourth-order valence-corrected chi connectivity index (χ4v) is 1.29. The van der Waals surface area contributed by atoms with Crippen LogP contribution in [-0.2, 0) is 0 Å². The Labute approximate surface area is 78.6 Å². The number of anilines is 2. The summed E-state index contributed by atoms with van der Waals surface area (Å²) >= 11 is 0. The lowest BCUT2D eigenvalue weighted by atomic mass is 10.1. The summed E-state index contributed by atoms with van der Waals surface area (Å²) in [5, 5.41) is 4.05. The first-order valence-electron chi connectivity index (χ1n) is 3.84. The lowest BCUT2D eigenvalue weighted by Gasteiger charge is -2.00. The molecule has 6 heteroatoms. The van der Waals surface area contributed by atoms with Gasteiger partial charge in [0.15, 0.2) is 11.4 Å². The van der Waals surface area contributed by atoms with Gasteiger partial charge in [0, 0.05) is 5.69 Å². The van der Waals surface area contributed by atoms with Gasteiger partial charge in [-0.1, -0.05) is 5.16 Å². The maximum absolute atomic E-state index is 11.1. The third-order valence-electron chi connectivity index (χ3n) is 1.95. The zero-order chi connectivity index (χ0) is 10.3. The molecule has 0 bridgehead atoms. The molecule has 6 N–H and O–H groups in total. The minimum absolute atomic E-state index is 0.117. The number of hydrogen-bond donors (Lipinski definition) is 3. The highest BCUT2D eigenvalue weighted by molar-refractivity contribution is 6.10. The van der Waals surface area contributed by atoms with Crippen molar-refractivity contribution in [3.8, 4) is 0 Å². The maximum Gasteiger partial charge on any atom is 0.254 e. The number of benzene rings is 1. The number of carbonyl (C=O) groups is 1. The minimum Gasteiger partial charge on any atom is -0.398 e. The fourth-order valence-electron chi connectivity index (χ4n) is 1.29. The zero-order valence-electron chi connectivity index (χ0n) is 7.15. The highest BCUT2D eigenvalue weighted by Crippen LogP contribution is 2.27. The summed E-state index contributed by atoms with van der Waals surface area (Å²) in [6.45, 7) is 0. The Morgan fingerprint density at radius 2 is 2.07 bits per heavy atom.